The normalized spacial score (nSPS) is 12.1. The van der Waals surface area contributed by atoms with Gasteiger partial charge in [0.15, 0.2) is 11.5 Å². The number of amides is 2. The standard InChI is InChI=1S/C20H20N4O3/c1-14-8-9-21-24(14)17-5-3-4-16(11-17)22-20(25)23(2)12-15-6-7-18-19(10-15)27-13-26-18/h3-11H,12-13H2,1-2H3,(H,22,25). The van der Waals surface area contributed by atoms with E-state index in [0.717, 1.165) is 22.7 Å². The van der Waals surface area contributed by atoms with E-state index in [0.29, 0.717) is 18.0 Å². The van der Waals surface area contributed by atoms with E-state index in [1.54, 1.807) is 18.1 Å². The largest absolute Gasteiger partial charge is 0.454 e. The van der Waals surface area contributed by atoms with Crippen molar-refractivity contribution in [2.45, 2.75) is 13.5 Å². The van der Waals surface area contributed by atoms with Crippen molar-refractivity contribution in [2.75, 3.05) is 19.2 Å². The Kier molecular flexibility index (Phi) is 4.42. The van der Waals surface area contributed by atoms with E-state index in [1.165, 1.54) is 0 Å². The van der Waals surface area contributed by atoms with Crippen molar-refractivity contribution in [2.24, 2.45) is 0 Å². The highest BCUT2D eigenvalue weighted by Crippen LogP contribution is 2.32. The summed E-state index contributed by atoms with van der Waals surface area (Å²) in [7, 11) is 1.75. The minimum absolute atomic E-state index is 0.193. The number of ether oxygens (including phenoxy) is 2. The van der Waals surface area contributed by atoms with Crippen LogP contribution < -0.4 is 14.8 Å². The van der Waals surface area contributed by atoms with E-state index in [9.17, 15) is 4.79 Å². The van der Waals surface area contributed by atoms with Crippen LogP contribution >= 0.6 is 0 Å². The predicted octanol–water partition coefficient (Wildman–Crippen LogP) is 3.57. The molecule has 138 valence electrons. The minimum Gasteiger partial charge on any atom is -0.454 e. The number of nitrogens with one attached hydrogen (secondary N) is 1. The number of carbonyl (C=O) groups excluding carboxylic acids is 1. The number of rotatable bonds is 4. The zero-order valence-corrected chi connectivity index (χ0v) is 15.2. The van der Waals surface area contributed by atoms with Crippen LogP contribution in [0.2, 0.25) is 0 Å². The van der Waals surface area contributed by atoms with E-state index in [-0.39, 0.29) is 12.8 Å². The number of fused-ring (bicyclic) bond motifs is 1. The lowest BCUT2D eigenvalue weighted by atomic mass is 10.2. The Labute approximate surface area is 157 Å². The summed E-state index contributed by atoms with van der Waals surface area (Å²) in [6.07, 6.45) is 1.75. The number of benzene rings is 2. The molecular weight excluding hydrogens is 344 g/mol. The fourth-order valence-corrected chi connectivity index (χ4v) is 2.96. The molecule has 1 aliphatic rings. The number of hydrogen-bond donors (Lipinski definition) is 1. The van der Waals surface area contributed by atoms with Gasteiger partial charge in [0.25, 0.3) is 0 Å². The lowest BCUT2D eigenvalue weighted by Gasteiger charge is -2.18. The summed E-state index contributed by atoms with van der Waals surface area (Å²) >= 11 is 0. The number of anilines is 1. The molecule has 2 heterocycles. The Bertz CT molecular complexity index is 983. The van der Waals surface area contributed by atoms with Crippen molar-refractivity contribution in [3.8, 4) is 17.2 Å². The van der Waals surface area contributed by atoms with Gasteiger partial charge in [-0.1, -0.05) is 12.1 Å². The number of aryl methyl sites for hydroxylation is 1. The molecule has 4 rings (SSSR count). The molecule has 1 N–H and O–H groups in total. The Morgan fingerprint density at radius 3 is 2.85 bits per heavy atom. The van der Waals surface area contributed by atoms with Crippen LogP contribution in [-0.4, -0.2) is 34.6 Å². The summed E-state index contributed by atoms with van der Waals surface area (Å²) < 4.78 is 12.5. The van der Waals surface area contributed by atoms with Crippen LogP contribution in [0.5, 0.6) is 11.5 Å². The Morgan fingerprint density at radius 1 is 1.19 bits per heavy atom. The maximum absolute atomic E-state index is 12.6. The van der Waals surface area contributed by atoms with Crippen molar-refractivity contribution in [1.29, 1.82) is 0 Å². The zero-order chi connectivity index (χ0) is 18.8. The van der Waals surface area contributed by atoms with Gasteiger partial charge in [-0.25, -0.2) is 9.48 Å². The lowest BCUT2D eigenvalue weighted by molar-refractivity contribution is 0.174. The van der Waals surface area contributed by atoms with E-state index in [1.807, 2.05) is 60.1 Å². The van der Waals surface area contributed by atoms with Crippen LogP contribution in [0, 0.1) is 6.92 Å². The maximum Gasteiger partial charge on any atom is 0.321 e. The van der Waals surface area contributed by atoms with E-state index in [2.05, 4.69) is 10.4 Å². The molecule has 2 amide bonds. The van der Waals surface area contributed by atoms with Gasteiger partial charge in [0.05, 0.1) is 5.69 Å². The Balaban J connectivity index is 1.43. The summed E-state index contributed by atoms with van der Waals surface area (Å²) in [5.41, 5.74) is 3.61. The lowest BCUT2D eigenvalue weighted by Crippen LogP contribution is -2.30. The van der Waals surface area contributed by atoms with Crippen molar-refractivity contribution < 1.29 is 14.3 Å². The van der Waals surface area contributed by atoms with Crippen molar-refractivity contribution in [1.82, 2.24) is 14.7 Å². The molecule has 0 atom stereocenters. The second-order valence-electron chi connectivity index (χ2n) is 6.41. The number of aromatic nitrogens is 2. The van der Waals surface area contributed by atoms with Gasteiger partial charge in [-0.15, -0.1) is 0 Å². The average Bonchev–Trinajstić information content (AvgIpc) is 3.30. The first-order chi connectivity index (χ1) is 13.1. The van der Waals surface area contributed by atoms with Gasteiger partial charge in [0, 0.05) is 31.2 Å². The monoisotopic (exact) mass is 364 g/mol. The predicted molar refractivity (Wildman–Crippen MR) is 101 cm³/mol. The number of carbonyl (C=O) groups is 1. The van der Waals surface area contributed by atoms with Gasteiger partial charge in [0.2, 0.25) is 6.79 Å². The molecule has 0 saturated heterocycles. The number of nitrogens with zero attached hydrogens (tertiary/aromatic N) is 3. The third-order valence-electron chi connectivity index (χ3n) is 4.38. The summed E-state index contributed by atoms with van der Waals surface area (Å²) in [5, 5.41) is 7.22. The number of urea groups is 1. The van der Waals surface area contributed by atoms with Crippen molar-refractivity contribution in [3.05, 3.63) is 66.0 Å². The molecule has 7 heteroatoms. The summed E-state index contributed by atoms with van der Waals surface area (Å²) in [6.45, 7) is 2.68. The molecular formula is C20H20N4O3. The molecule has 0 fully saturated rings. The highest BCUT2D eigenvalue weighted by Gasteiger charge is 2.15. The summed E-state index contributed by atoms with van der Waals surface area (Å²) in [4.78, 5) is 14.2. The van der Waals surface area contributed by atoms with Gasteiger partial charge < -0.3 is 19.7 Å². The summed E-state index contributed by atoms with van der Waals surface area (Å²) in [6, 6.07) is 15.0. The molecule has 2 aromatic carbocycles. The van der Waals surface area contributed by atoms with Gasteiger partial charge in [-0.05, 0) is 48.9 Å². The third-order valence-corrected chi connectivity index (χ3v) is 4.38. The molecule has 3 aromatic rings. The fourth-order valence-electron chi connectivity index (χ4n) is 2.96. The third kappa shape index (κ3) is 3.57. The average molecular weight is 364 g/mol. The Morgan fingerprint density at radius 2 is 2.04 bits per heavy atom. The molecule has 0 unspecified atom stereocenters. The molecule has 1 aromatic heterocycles. The smallest absolute Gasteiger partial charge is 0.321 e. The fraction of sp³-hybridized carbons (Fsp3) is 0.200. The Hall–Kier alpha value is -3.48. The van der Waals surface area contributed by atoms with Gasteiger partial charge in [0.1, 0.15) is 0 Å². The quantitative estimate of drug-likeness (QED) is 0.768. The van der Waals surface area contributed by atoms with Crippen molar-refractivity contribution in [3.63, 3.8) is 0 Å². The second-order valence-corrected chi connectivity index (χ2v) is 6.41. The zero-order valence-electron chi connectivity index (χ0n) is 15.2. The van der Waals surface area contributed by atoms with Crippen LogP contribution in [0.3, 0.4) is 0 Å². The van der Waals surface area contributed by atoms with Crippen LogP contribution in [0.25, 0.3) is 5.69 Å². The molecule has 0 aliphatic carbocycles. The molecule has 0 bridgehead atoms. The van der Waals surface area contributed by atoms with Crippen LogP contribution in [0.15, 0.2) is 54.7 Å². The second kappa shape index (κ2) is 7.03. The topological polar surface area (TPSA) is 68.6 Å². The van der Waals surface area contributed by atoms with Crippen LogP contribution in [0.4, 0.5) is 10.5 Å². The van der Waals surface area contributed by atoms with Gasteiger partial charge >= 0.3 is 6.03 Å². The van der Waals surface area contributed by atoms with Crippen LogP contribution in [0.1, 0.15) is 11.3 Å². The van der Waals surface area contributed by atoms with Gasteiger partial charge in [-0.2, -0.15) is 5.10 Å². The first-order valence-corrected chi connectivity index (χ1v) is 8.62. The SMILES string of the molecule is Cc1ccnn1-c1cccc(NC(=O)N(C)Cc2ccc3c(c2)OCO3)c1. The summed E-state index contributed by atoms with van der Waals surface area (Å²) in [5.74, 6) is 1.44. The van der Waals surface area contributed by atoms with E-state index in [4.69, 9.17) is 9.47 Å². The molecule has 0 saturated carbocycles. The van der Waals surface area contributed by atoms with Gasteiger partial charge in [-0.3, -0.25) is 0 Å². The van der Waals surface area contributed by atoms with E-state index >= 15 is 0 Å². The first-order valence-electron chi connectivity index (χ1n) is 8.62. The van der Waals surface area contributed by atoms with Crippen LogP contribution in [-0.2, 0) is 6.54 Å². The maximum atomic E-state index is 12.6. The highest BCUT2D eigenvalue weighted by molar-refractivity contribution is 5.89. The molecule has 27 heavy (non-hydrogen) atoms. The molecule has 0 spiro atoms. The molecule has 0 radical (unpaired) electrons. The van der Waals surface area contributed by atoms with Crippen molar-refractivity contribution >= 4 is 11.7 Å². The number of hydrogen-bond acceptors (Lipinski definition) is 4. The highest BCUT2D eigenvalue weighted by atomic mass is 16.7. The first kappa shape index (κ1) is 17.0. The van der Waals surface area contributed by atoms with E-state index < -0.39 is 0 Å². The molecule has 1 aliphatic heterocycles. The molecule has 7 nitrogen and oxygen atoms in total. The minimum atomic E-state index is -0.193.